The Balaban J connectivity index is 1.86. The molecule has 0 radical (unpaired) electrons. The lowest BCUT2D eigenvalue weighted by Gasteiger charge is -2.26. The minimum absolute atomic E-state index is 0.0178. The van der Waals surface area contributed by atoms with E-state index in [2.05, 4.69) is 15.0 Å². The number of nitrogens with zero attached hydrogens (tertiary/aromatic N) is 4. The van der Waals surface area contributed by atoms with Gasteiger partial charge in [-0.1, -0.05) is 24.4 Å². The average molecular weight is 359 g/mol. The average Bonchev–Trinajstić information content (AvgIpc) is 3.11. The molecule has 2 fully saturated rings. The maximum Gasteiger partial charge on any atom is 0.225 e. The van der Waals surface area contributed by atoms with Crippen LogP contribution in [-0.2, 0) is 0 Å². The molecule has 2 aromatic rings. The number of anilines is 1. The molecule has 0 N–H and O–H groups in total. The first-order valence-electron chi connectivity index (χ1n) is 7.66. The molecule has 0 amide bonds. The first-order chi connectivity index (χ1) is 11.1. The van der Waals surface area contributed by atoms with Gasteiger partial charge in [0.15, 0.2) is 11.0 Å². The van der Waals surface area contributed by atoms with E-state index in [0.717, 1.165) is 25.7 Å². The summed E-state index contributed by atoms with van der Waals surface area (Å²) in [5.41, 5.74) is 0.0228. The summed E-state index contributed by atoms with van der Waals surface area (Å²) < 4.78 is 28.4. The number of halogens is 4. The van der Waals surface area contributed by atoms with E-state index in [-0.39, 0.29) is 27.9 Å². The van der Waals surface area contributed by atoms with Crippen molar-refractivity contribution in [2.45, 2.75) is 37.9 Å². The highest BCUT2D eigenvalue weighted by Gasteiger charge is 2.55. The van der Waals surface area contributed by atoms with Gasteiger partial charge < -0.3 is 4.90 Å². The number of pyridine rings is 1. The quantitative estimate of drug-likeness (QED) is 0.566. The molecule has 3 heterocycles. The predicted molar refractivity (Wildman–Crippen MR) is 85.3 cm³/mol. The molecule has 0 spiro atoms. The maximum atomic E-state index is 14.2. The van der Waals surface area contributed by atoms with Gasteiger partial charge in [-0.05, 0) is 24.4 Å². The van der Waals surface area contributed by atoms with Crippen LogP contribution in [0, 0.1) is 11.7 Å². The lowest BCUT2D eigenvalue weighted by Crippen LogP contribution is -2.31. The molecular weight excluding hydrogens is 345 g/mol. The molecule has 2 aromatic heterocycles. The van der Waals surface area contributed by atoms with Crippen molar-refractivity contribution in [2.24, 2.45) is 5.92 Å². The Morgan fingerprint density at radius 2 is 2.00 bits per heavy atom. The highest BCUT2D eigenvalue weighted by atomic mass is 35.5. The largest absolute Gasteiger partial charge is 0.350 e. The van der Waals surface area contributed by atoms with Gasteiger partial charge in [-0.25, -0.2) is 18.7 Å². The van der Waals surface area contributed by atoms with E-state index in [1.807, 2.05) is 4.90 Å². The predicted octanol–water partition coefficient (Wildman–Crippen LogP) is 4.19. The summed E-state index contributed by atoms with van der Waals surface area (Å²) in [7, 11) is 0. The van der Waals surface area contributed by atoms with Gasteiger partial charge in [-0.2, -0.15) is 4.98 Å². The van der Waals surface area contributed by atoms with Crippen molar-refractivity contribution in [3.63, 3.8) is 0 Å². The van der Waals surface area contributed by atoms with Gasteiger partial charge in [0.05, 0.1) is 11.4 Å². The summed E-state index contributed by atoms with van der Waals surface area (Å²) in [6.45, 7) is 0.661. The SMILES string of the molecule is Fc1c(Cl)ncc2c(N3CCCCC[C@@H]4C3[C@H]4F)nc(Cl)nc12. The van der Waals surface area contributed by atoms with Gasteiger partial charge in [0, 0.05) is 18.7 Å². The Bertz CT molecular complexity index is 773. The minimum Gasteiger partial charge on any atom is -0.350 e. The number of alkyl halides is 1. The third kappa shape index (κ3) is 2.52. The van der Waals surface area contributed by atoms with Crippen LogP contribution in [0.15, 0.2) is 6.20 Å². The number of rotatable bonds is 1. The van der Waals surface area contributed by atoms with Crippen molar-refractivity contribution >= 4 is 39.9 Å². The van der Waals surface area contributed by atoms with Crippen molar-refractivity contribution in [3.8, 4) is 0 Å². The third-order valence-electron chi connectivity index (χ3n) is 4.70. The van der Waals surface area contributed by atoms with Crippen molar-refractivity contribution in [1.82, 2.24) is 15.0 Å². The van der Waals surface area contributed by atoms with Crippen LogP contribution in [-0.4, -0.2) is 33.7 Å². The molecule has 4 rings (SSSR count). The first kappa shape index (κ1) is 15.3. The zero-order valence-corrected chi connectivity index (χ0v) is 13.7. The molecular formula is C15H14Cl2F2N4. The second-order valence-electron chi connectivity index (χ2n) is 6.08. The maximum absolute atomic E-state index is 14.2. The molecule has 2 aliphatic rings. The summed E-state index contributed by atoms with van der Waals surface area (Å²) in [5, 5.41) is 0.0663. The highest BCUT2D eigenvalue weighted by Crippen LogP contribution is 2.46. The summed E-state index contributed by atoms with van der Waals surface area (Å²) >= 11 is 11.7. The van der Waals surface area contributed by atoms with E-state index in [4.69, 9.17) is 23.2 Å². The smallest absolute Gasteiger partial charge is 0.225 e. The summed E-state index contributed by atoms with van der Waals surface area (Å²) in [6, 6.07) is -0.219. The van der Waals surface area contributed by atoms with Gasteiger partial charge in [-0.3, -0.25) is 0 Å². The molecule has 1 unspecified atom stereocenters. The van der Waals surface area contributed by atoms with Crippen LogP contribution in [0.3, 0.4) is 0 Å². The van der Waals surface area contributed by atoms with Crippen LogP contribution in [0.25, 0.3) is 10.9 Å². The Hall–Kier alpha value is -1.27. The molecule has 1 saturated heterocycles. The number of aromatic nitrogens is 3. The van der Waals surface area contributed by atoms with Gasteiger partial charge in [0.1, 0.15) is 17.5 Å². The van der Waals surface area contributed by atoms with Crippen LogP contribution in [0.2, 0.25) is 10.4 Å². The molecule has 1 aliphatic heterocycles. The van der Waals surface area contributed by atoms with E-state index in [1.54, 1.807) is 0 Å². The molecule has 8 heteroatoms. The summed E-state index contributed by atoms with van der Waals surface area (Å²) in [4.78, 5) is 13.9. The standard InChI is InChI=1S/C15H14Cl2F2N4/c16-13-10(19)11-8(6-20-13)14(22-15(17)21-11)23-5-3-1-2-4-7-9(18)12(7)23/h6-7,9,12H,1-5H2/t7-,9-,12?/m0/s1. The number of hydrogen-bond donors (Lipinski definition) is 0. The van der Waals surface area contributed by atoms with E-state index in [1.165, 1.54) is 6.20 Å². The zero-order chi connectivity index (χ0) is 16.1. The Kier molecular flexibility index (Phi) is 3.76. The van der Waals surface area contributed by atoms with Gasteiger partial charge in [0.25, 0.3) is 0 Å². The van der Waals surface area contributed by atoms with Crippen LogP contribution >= 0.6 is 23.2 Å². The van der Waals surface area contributed by atoms with Crippen LogP contribution in [0.5, 0.6) is 0 Å². The van der Waals surface area contributed by atoms with Crippen molar-refractivity contribution < 1.29 is 8.78 Å². The second-order valence-corrected chi connectivity index (χ2v) is 6.78. The zero-order valence-electron chi connectivity index (χ0n) is 12.1. The molecule has 3 atom stereocenters. The summed E-state index contributed by atoms with van der Waals surface area (Å²) in [5.74, 6) is -0.268. The van der Waals surface area contributed by atoms with Crippen LogP contribution < -0.4 is 4.90 Å². The van der Waals surface area contributed by atoms with Gasteiger partial charge in [-0.15, -0.1) is 0 Å². The van der Waals surface area contributed by atoms with E-state index < -0.39 is 12.0 Å². The lowest BCUT2D eigenvalue weighted by atomic mass is 10.1. The number of hydrogen-bond acceptors (Lipinski definition) is 4. The molecule has 1 saturated carbocycles. The first-order valence-corrected chi connectivity index (χ1v) is 8.41. The van der Waals surface area contributed by atoms with Gasteiger partial charge >= 0.3 is 0 Å². The van der Waals surface area contributed by atoms with Crippen molar-refractivity contribution in [1.29, 1.82) is 0 Å². The molecule has 122 valence electrons. The number of fused-ring (bicyclic) bond motifs is 2. The topological polar surface area (TPSA) is 41.9 Å². The highest BCUT2D eigenvalue weighted by molar-refractivity contribution is 6.30. The monoisotopic (exact) mass is 358 g/mol. The lowest BCUT2D eigenvalue weighted by molar-refractivity contribution is 0.430. The third-order valence-corrected chi connectivity index (χ3v) is 5.13. The molecule has 1 aliphatic carbocycles. The molecule has 0 aromatic carbocycles. The van der Waals surface area contributed by atoms with E-state index in [0.29, 0.717) is 17.7 Å². The van der Waals surface area contributed by atoms with Crippen molar-refractivity contribution in [2.75, 3.05) is 11.4 Å². The second kappa shape index (κ2) is 5.67. The van der Waals surface area contributed by atoms with E-state index >= 15 is 0 Å². The Labute approximate surface area is 141 Å². The van der Waals surface area contributed by atoms with E-state index in [9.17, 15) is 8.78 Å². The Morgan fingerprint density at radius 3 is 2.83 bits per heavy atom. The fourth-order valence-electron chi connectivity index (χ4n) is 3.49. The van der Waals surface area contributed by atoms with Crippen molar-refractivity contribution in [3.05, 3.63) is 22.5 Å². The van der Waals surface area contributed by atoms with Crippen LogP contribution in [0.4, 0.5) is 14.6 Å². The normalized spacial score (nSPS) is 27.5. The fourth-order valence-corrected chi connectivity index (χ4v) is 3.80. The fraction of sp³-hybridized carbons (Fsp3) is 0.533. The van der Waals surface area contributed by atoms with Gasteiger partial charge in [0.2, 0.25) is 5.28 Å². The Morgan fingerprint density at radius 1 is 1.17 bits per heavy atom. The minimum atomic E-state index is -0.873. The molecule has 4 nitrogen and oxygen atoms in total. The molecule has 0 bridgehead atoms. The van der Waals surface area contributed by atoms with Crippen LogP contribution in [0.1, 0.15) is 25.7 Å². The summed E-state index contributed by atoms with van der Waals surface area (Å²) in [6.07, 6.45) is 4.45. The molecule has 23 heavy (non-hydrogen) atoms.